The van der Waals surface area contributed by atoms with Gasteiger partial charge in [-0.05, 0) is 43.3 Å². The van der Waals surface area contributed by atoms with E-state index >= 15 is 0 Å². The number of allylic oxidation sites excluding steroid dienone is 1. The van der Waals surface area contributed by atoms with Crippen LogP contribution in [0.1, 0.15) is 13.3 Å². The fourth-order valence-corrected chi connectivity index (χ4v) is 3.57. The van der Waals surface area contributed by atoms with E-state index in [-0.39, 0.29) is 0 Å². The van der Waals surface area contributed by atoms with Gasteiger partial charge in [-0.1, -0.05) is 13.5 Å². The molecule has 2 aliphatic rings. The molecule has 0 aromatic carbocycles. The minimum absolute atomic E-state index is 0.547. The van der Waals surface area contributed by atoms with Gasteiger partial charge in [-0.3, -0.25) is 0 Å². The topological polar surface area (TPSA) is 60.4 Å². The lowest BCUT2D eigenvalue weighted by Gasteiger charge is -2.33. The van der Waals surface area contributed by atoms with Gasteiger partial charge in [0.25, 0.3) is 0 Å². The molecule has 0 unspecified atom stereocenters. The lowest BCUT2D eigenvalue weighted by atomic mass is 10.3. The number of anilines is 4. The van der Waals surface area contributed by atoms with Gasteiger partial charge in [0.2, 0.25) is 5.95 Å². The molecule has 4 rings (SSSR count). The van der Waals surface area contributed by atoms with Crippen LogP contribution in [0.25, 0.3) is 0 Å². The average Bonchev–Trinajstić information content (AvgIpc) is 3.10. The molecule has 1 saturated heterocycles. The Balaban J connectivity index is 1.45. The highest BCUT2D eigenvalue weighted by Crippen LogP contribution is 2.27. The van der Waals surface area contributed by atoms with E-state index in [2.05, 4.69) is 67.7 Å². The van der Waals surface area contributed by atoms with Gasteiger partial charge in [0.15, 0.2) is 0 Å². The van der Waals surface area contributed by atoms with E-state index in [0.29, 0.717) is 5.95 Å². The molecule has 0 atom stereocenters. The van der Waals surface area contributed by atoms with Crippen LogP contribution in [0.5, 0.6) is 0 Å². The molecule has 0 saturated carbocycles. The fraction of sp³-hybridized carbons (Fsp3) is 0.381. The molecule has 1 N–H and O–H groups in total. The highest BCUT2D eigenvalue weighted by atomic mass is 15.3. The zero-order valence-electron chi connectivity index (χ0n) is 16.6. The second-order valence-corrected chi connectivity index (χ2v) is 7.29. The first-order chi connectivity index (χ1) is 13.6. The molecule has 7 nitrogen and oxygen atoms in total. The van der Waals surface area contributed by atoms with Crippen LogP contribution in [0.4, 0.5) is 23.3 Å². The summed E-state index contributed by atoms with van der Waals surface area (Å²) in [5.74, 6) is 2.16. The molecular formula is C21H27N7. The average molecular weight is 377 g/mol. The quantitative estimate of drug-likeness (QED) is 0.859. The Kier molecular flexibility index (Phi) is 5.25. The van der Waals surface area contributed by atoms with Crippen LogP contribution in [0.2, 0.25) is 0 Å². The molecule has 2 aromatic rings. The first-order valence-corrected chi connectivity index (χ1v) is 9.78. The van der Waals surface area contributed by atoms with Gasteiger partial charge < -0.3 is 20.0 Å². The van der Waals surface area contributed by atoms with E-state index in [9.17, 15) is 0 Å². The number of piperazine rings is 1. The van der Waals surface area contributed by atoms with Crippen LogP contribution in [-0.2, 0) is 0 Å². The van der Waals surface area contributed by atoms with Crippen LogP contribution in [0.3, 0.4) is 0 Å². The molecule has 0 aliphatic carbocycles. The Morgan fingerprint density at radius 2 is 1.93 bits per heavy atom. The van der Waals surface area contributed by atoms with Crippen molar-refractivity contribution in [3.05, 3.63) is 54.5 Å². The number of likely N-dealkylation sites (N-methyl/N-ethyl adjacent to an activating group) is 1. The van der Waals surface area contributed by atoms with E-state index in [4.69, 9.17) is 0 Å². The SMILES string of the molecule is C=C1C=C(CC)N(c2ccnc(Nc3ccc(N4CCN(C)CC4)cn3)n2)C1. The van der Waals surface area contributed by atoms with Gasteiger partial charge in [-0.25, -0.2) is 9.97 Å². The summed E-state index contributed by atoms with van der Waals surface area (Å²) in [5, 5.41) is 3.22. The summed E-state index contributed by atoms with van der Waals surface area (Å²) in [6.07, 6.45) is 6.77. The first-order valence-electron chi connectivity index (χ1n) is 9.78. The number of nitrogens with zero attached hydrogens (tertiary/aromatic N) is 6. The van der Waals surface area contributed by atoms with Gasteiger partial charge >= 0.3 is 0 Å². The zero-order chi connectivity index (χ0) is 19.5. The molecule has 0 bridgehead atoms. The highest BCUT2D eigenvalue weighted by molar-refractivity contribution is 5.58. The van der Waals surface area contributed by atoms with Crippen molar-refractivity contribution in [3.63, 3.8) is 0 Å². The Labute approximate surface area is 166 Å². The molecule has 0 spiro atoms. The van der Waals surface area contributed by atoms with E-state index in [1.54, 1.807) is 6.20 Å². The molecule has 2 aliphatic heterocycles. The van der Waals surface area contributed by atoms with Crippen molar-refractivity contribution in [3.8, 4) is 0 Å². The number of pyridine rings is 1. The molecule has 7 heteroatoms. The maximum Gasteiger partial charge on any atom is 0.230 e. The molecule has 146 valence electrons. The third kappa shape index (κ3) is 3.99. The minimum atomic E-state index is 0.547. The van der Waals surface area contributed by atoms with Crippen molar-refractivity contribution in [2.45, 2.75) is 13.3 Å². The Morgan fingerprint density at radius 3 is 2.64 bits per heavy atom. The van der Waals surface area contributed by atoms with Gasteiger partial charge in [0.1, 0.15) is 11.6 Å². The molecule has 4 heterocycles. The number of nitrogens with one attached hydrogen (secondary N) is 1. The Bertz CT molecular complexity index is 867. The van der Waals surface area contributed by atoms with Crippen molar-refractivity contribution in [1.82, 2.24) is 19.9 Å². The zero-order valence-corrected chi connectivity index (χ0v) is 16.6. The maximum absolute atomic E-state index is 4.67. The first kappa shape index (κ1) is 18.4. The van der Waals surface area contributed by atoms with E-state index in [0.717, 1.165) is 62.0 Å². The summed E-state index contributed by atoms with van der Waals surface area (Å²) in [7, 11) is 2.16. The standard InChI is InChI=1S/C21H27N7/c1-4-17-13-16(2)15-28(17)20-7-8-22-21(25-20)24-19-6-5-18(14-23-19)27-11-9-26(3)10-12-27/h5-8,13-14H,2,4,9-12,15H2,1,3H3,(H,22,23,24,25). The van der Waals surface area contributed by atoms with Gasteiger partial charge in [0, 0.05) is 44.6 Å². The normalized spacial score (nSPS) is 17.8. The number of aromatic nitrogens is 3. The van der Waals surface area contributed by atoms with Gasteiger partial charge in [0.05, 0.1) is 11.9 Å². The monoisotopic (exact) mass is 377 g/mol. The van der Waals surface area contributed by atoms with Crippen molar-refractivity contribution < 1.29 is 0 Å². The molecule has 0 radical (unpaired) electrons. The van der Waals surface area contributed by atoms with E-state index < -0.39 is 0 Å². The summed E-state index contributed by atoms with van der Waals surface area (Å²) in [5.41, 5.74) is 3.48. The molecule has 28 heavy (non-hydrogen) atoms. The lowest BCUT2D eigenvalue weighted by Crippen LogP contribution is -2.44. The third-order valence-corrected chi connectivity index (χ3v) is 5.21. The van der Waals surface area contributed by atoms with Crippen LogP contribution < -0.4 is 15.1 Å². The molecule has 0 amide bonds. The predicted octanol–water partition coefficient (Wildman–Crippen LogP) is 3.04. The molecule has 1 fully saturated rings. The molecular weight excluding hydrogens is 350 g/mol. The maximum atomic E-state index is 4.67. The van der Waals surface area contributed by atoms with E-state index in [1.165, 1.54) is 5.70 Å². The summed E-state index contributed by atoms with van der Waals surface area (Å²) in [6.45, 7) is 11.2. The Morgan fingerprint density at radius 1 is 1.11 bits per heavy atom. The fourth-order valence-electron chi connectivity index (χ4n) is 3.57. The van der Waals surface area contributed by atoms with Gasteiger partial charge in [-0.2, -0.15) is 4.98 Å². The number of hydrogen-bond acceptors (Lipinski definition) is 7. The number of rotatable bonds is 5. The summed E-state index contributed by atoms with van der Waals surface area (Å²) < 4.78 is 0. The lowest BCUT2D eigenvalue weighted by molar-refractivity contribution is 0.313. The van der Waals surface area contributed by atoms with Crippen molar-refractivity contribution in [2.75, 3.05) is 54.9 Å². The van der Waals surface area contributed by atoms with E-state index in [1.807, 2.05) is 18.3 Å². The largest absolute Gasteiger partial charge is 0.368 e. The summed E-state index contributed by atoms with van der Waals surface area (Å²) in [6, 6.07) is 6.02. The van der Waals surface area contributed by atoms with Crippen molar-refractivity contribution in [1.29, 1.82) is 0 Å². The second-order valence-electron chi connectivity index (χ2n) is 7.29. The van der Waals surface area contributed by atoms with Gasteiger partial charge in [-0.15, -0.1) is 0 Å². The van der Waals surface area contributed by atoms with Crippen LogP contribution in [0, 0.1) is 0 Å². The highest BCUT2D eigenvalue weighted by Gasteiger charge is 2.19. The van der Waals surface area contributed by atoms with Crippen LogP contribution >= 0.6 is 0 Å². The smallest absolute Gasteiger partial charge is 0.230 e. The minimum Gasteiger partial charge on any atom is -0.368 e. The van der Waals surface area contributed by atoms with Crippen LogP contribution in [-0.4, -0.2) is 59.6 Å². The van der Waals surface area contributed by atoms with Crippen molar-refractivity contribution in [2.24, 2.45) is 0 Å². The summed E-state index contributed by atoms with van der Waals surface area (Å²) >= 11 is 0. The predicted molar refractivity (Wildman–Crippen MR) is 114 cm³/mol. The Hall–Kier alpha value is -2.93. The molecule has 2 aromatic heterocycles. The number of hydrogen-bond donors (Lipinski definition) is 1. The second kappa shape index (κ2) is 7.98. The van der Waals surface area contributed by atoms with Crippen LogP contribution in [0.15, 0.2) is 54.5 Å². The summed E-state index contributed by atoms with van der Waals surface area (Å²) in [4.78, 5) is 20.5. The van der Waals surface area contributed by atoms with Crippen molar-refractivity contribution >= 4 is 23.3 Å². The third-order valence-electron chi connectivity index (χ3n) is 5.21.